The third kappa shape index (κ3) is 3.03. The van der Waals surface area contributed by atoms with Gasteiger partial charge >= 0.3 is 5.97 Å². The lowest BCUT2D eigenvalue weighted by atomic mass is 10.1. The number of carbonyl (C=O) groups is 1. The van der Waals surface area contributed by atoms with Gasteiger partial charge in [0.1, 0.15) is 0 Å². The van der Waals surface area contributed by atoms with Gasteiger partial charge in [0.2, 0.25) is 0 Å². The van der Waals surface area contributed by atoms with Crippen molar-refractivity contribution >= 4 is 23.3 Å². The van der Waals surface area contributed by atoms with E-state index in [9.17, 15) is 9.90 Å². The molecular formula is C14H13ClN2O2. The van der Waals surface area contributed by atoms with E-state index in [0.717, 1.165) is 5.69 Å². The van der Waals surface area contributed by atoms with Crippen LogP contribution in [0.2, 0.25) is 5.02 Å². The fourth-order valence-corrected chi connectivity index (χ4v) is 2.21. The molecule has 0 atom stereocenters. The van der Waals surface area contributed by atoms with Crippen LogP contribution in [0.5, 0.6) is 0 Å². The van der Waals surface area contributed by atoms with Crippen LogP contribution in [0.4, 0.5) is 5.69 Å². The molecule has 0 fully saturated rings. The Balaban J connectivity index is 2.33. The van der Waals surface area contributed by atoms with Gasteiger partial charge in [-0.25, -0.2) is 4.79 Å². The summed E-state index contributed by atoms with van der Waals surface area (Å²) in [6.07, 6.45) is 1.70. The molecule has 0 aliphatic carbocycles. The smallest absolute Gasteiger partial charge is 0.337 e. The molecule has 0 saturated carbocycles. The number of halogens is 1. The molecule has 19 heavy (non-hydrogen) atoms. The number of rotatable bonds is 4. The van der Waals surface area contributed by atoms with Gasteiger partial charge < -0.3 is 10.0 Å². The third-order valence-corrected chi connectivity index (χ3v) is 3.03. The fraction of sp³-hybridized carbons (Fsp3) is 0.143. The first kappa shape index (κ1) is 13.4. The van der Waals surface area contributed by atoms with E-state index >= 15 is 0 Å². The minimum absolute atomic E-state index is 0.186. The van der Waals surface area contributed by atoms with Crippen LogP contribution in [-0.4, -0.2) is 23.1 Å². The van der Waals surface area contributed by atoms with Gasteiger partial charge in [-0.3, -0.25) is 4.98 Å². The van der Waals surface area contributed by atoms with Gasteiger partial charge in [-0.05, 0) is 24.3 Å². The molecule has 1 N–H and O–H groups in total. The van der Waals surface area contributed by atoms with Gasteiger partial charge in [-0.1, -0.05) is 23.7 Å². The highest BCUT2D eigenvalue weighted by Gasteiger charge is 2.17. The molecule has 0 amide bonds. The molecular weight excluding hydrogens is 264 g/mol. The standard InChI is InChI=1S/C14H13ClN2O2/c1-17(9-10-5-2-3-8-16-10)13-11(14(18)19)6-4-7-12(13)15/h2-8H,9H2,1H3,(H,18,19). The van der Waals surface area contributed by atoms with Crippen LogP contribution < -0.4 is 4.90 Å². The number of carboxylic acid groups (broad SMARTS) is 1. The first-order valence-corrected chi connectivity index (χ1v) is 6.10. The van der Waals surface area contributed by atoms with Gasteiger partial charge in [0.15, 0.2) is 0 Å². The number of aromatic nitrogens is 1. The summed E-state index contributed by atoms with van der Waals surface area (Å²) in [6, 6.07) is 10.5. The van der Waals surface area contributed by atoms with Crippen molar-refractivity contribution in [2.45, 2.75) is 6.54 Å². The second kappa shape index (κ2) is 5.71. The lowest BCUT2D eigenvalue weighted by molar-refractivity contribution is 0.0697. The molecule has 1 aromatic carbocycles. The Morgan fingerprint density at radius 3 is 2.74 bits per heavy atom. The summed E-state index contributed by atoms with van der Waals surface area (Å²) in [7, 11) is 1.79. The van der Waals surface area contributed by atoms with Gasteiger partial charge in [0, 0.05) is 13.2 Å². The minimum atomic E-state index is -0.995. The molecule has 2 rings (SSSR count). The van der Waals surface area contributed by atoms with E-state index in [0.29, 0.717) is 17.3 Å². The Bertz CT molecular complexity index is 587. The second-order valence-corrected chi connectivity index (χ2v) is 4.53. The quantitative estimate of drug-likeness (QED) is 0.932. The third-order valence-electron chi connectivity index (χ3n) is 2.72. The Morgan fingerprint density at radius 2 is 2.11 bits per heavy atom. The summed E-state index contributed by atoms with van der Waals surface area (Å²) in [5, 5.41) is 9.62. The molecule has 0 radical (unpaired) electrons. The van der Waals surface area contributed by atoms with Crippen LogP contribution in [0.25, 0.3) is 0 Å². The largest absolute Gasteiger partial charge is 0.478 e. The van der Waals surface area contributed by atoms with Crippen LogP contribution >= 0.6 is 11.6 Å². The molecule has 4 nitrogen and oxygen atoms in total. The lowest BCUT2D eigenvalue weighted by Gasteiger charge is -2.22. The van der Waals surface area contributed by atoms with Gasteiger partial charge in [0.25, 0.3) is 0 Å². The Labute approximate surface area is 116 Å². The minimum Gasteiger partial charge on any atom is -0.478 e. The Hall–Kier alpha value is -2.07. The zero-order valence-electron chi connectivity index (χ0n) is 10.4. The topological polar surface area (TPSA) is 53.4 Å². The summed E-state index contributed by atoms with van der Waals surface area (Å²) < 4.78 is 0. The molecule has 1 aromatic heterocycles. The number of anilines is 1. The predicted molar refractivity (Wildman–Crippen MR) is 74.8 cm³/mol. The average Bonchev–Trinajstić information content (AvgIpc) is 2.39. The van der Waals surface area contributed by atoms with E-state index in [-0.39, 0.29) is 5.56 Å². The number of carboxylic acids is 1. The summed E-state index contributed by atoms with van der Waals surface area (Å²) >= 11 is 6.11. The van der Waals surface area contributed by atoms with Crippen molar-refractivity contribution in [2.24, 2.45) is 0 Å². The van der Waals surface area contributed by atoms with Gasteiger partial charge in [-0.15, -0.1) is 0 Å². The highest BCUT2D eigenvalue weighted by molar-refractivity contribution is 6.34. The number of hydrogen-bond donors (Lipinski definition) is 1. The number of hydrogen-bond acceptors (Lipinski definition) is 3. The monoisotopic (exact) mass is 276 g/mol. The summed E-state index contributed by atoms with van der Waals surface area (Å²) in [6.45, 7) is 0.491. The first-order chi connectivity index (χ1) is 9.09. The number of benzene rings is 1. The molecule has 98 valence electrons. The van der Waals surface area contributed by atoms with Crippen molar-refractivity contribution in [2.75, 3.05) is 11.9 Å². The SMILES string of the molecule is CN(Cc1ccccn1)c1c(Cl)cccc1C(=O)O. The second-order valence-electron chi connectivity index (χ2n) is 4.12. The van der Waals surface area contributed by atoms with E-state index in [1.807, 2.05) is 18.2 Å². The normalized spacial score (nSPS) is 10.2. The molecule has 0 unspecified atom stereocenters. The molecule has 0 aliphatic rings. The maximum atomic E-state index is 11.2. The fourth-order valence-electron chi connectivity index (χ4n) is 1.89. The predicted octanol–water partition coefficient (Wildman–Crippen LogP) is 3.07. The zero-order chi connectivity index (χ0) is 13.8. The van der Waals surface area contributed by atoms with E-state index in [1.54, 1.807) is 36.3 Å². The number of para-hydroxylation sites is 1. The van der Waals surface area contributed by atoms with Crippen LogP contribution in [-0.2, 0) is 6.54 Å². The zero-order valence-corrected chi connectivity index (χ0v) is 11.1. The van der Waals surface area contributed by atoms with Crippen LogP contribution in [0.1, 0.15) is 16.1 Å². The molecule has 0 spiro atoms. The molecule has 0 saturated heterocycles. The summed E-state index contributed by atoms with van der Waals surface area (Å²) in [5.41, 5.74) is 1.54. The van der Waals surface area contributed by atoms with Crippen LogP contribution in [0, 0.1) is 0 Å². The number of pyridine rings is 1. The van der Waals surface area contributed by atoms with Crippen molar-refractivity contribution in [1.82, 2.24) is 4.98 Å². The lowest BCUT2D eigenvalue weighted by Crippen LogP contribution is -2.20. The number of nitrogens with zero attached hydrogens (tertiary/aromatic N) is 2. The molecule has 0 aliphatic heterocycles. The molecule has 5 heteroatoms. The van der Waals surface area contributed by atoms with Gasteiger partial charge in [0.05, 0.1) is 28.5 Å². The Morgan fingerprint density at radius 1 is 1.32 bits per heavy atom. The highest BCUT2D eigenvalue weighted by Crippen LogP contribution is 2.29. The Kier molecular flexibility index (Phi) is 4.02. The van der Waals surface area contributed by atoms with Gasteiger partial charge in [-0.2, -0.15) is 0 Å². The van der Waals surface area contributed by atoms with E-state index in [2.05, 4.69) is 4.98 Å². The maximum absolute atomic E-state index is 11.2. The van der Waals surface area contributed by atoms with Crippen LogP contribution in [0.3, 0.4) is 0 Å². The van der Waals surface area contributed by atoms with E-state index < -0.39 is 5.97 Å². The van der Waals surface area contributed by atoms with Crippen molar-refractivity contribution < 1.29 is 9.90 Å². The van der Waals surface area contributed by atoms with Crippen LogP contribution in [0.15, 0.2) is 42.6 Å². The average molecular weight is 277 g/mol. The summed E-state index contributed by atoms with van der Waals surface area (Å²) in [5.74, 6) is -0.995. The highest BCUT2D eigenvalue weighted by atomic mass is 35.5. The molecule has 2 aromatic rings. The van der Waals surface area contributed by atoms with E-state index in [1.165, 1.54) is 0 Å². The molecule has 0 bridgehead atoms. The van der Waals surface area contributed by atoms with Crippen molar-refractivity contribution in [1.29, 1.82) is 0 Å². The maximum Gasteiger partial charge on any atom is 0.337 e. The first-order valence-electron chi connectivity index (χ1n) is 5.72. The molecule has 1 heterocycles. The summed E-state index contributed by atoms with van der Waals surface area (Å²) in [4.78, 5) is 17.2. The van der Waals surface area contributed by atoms with Crippen molar-refractivity contribution in [3.63, 3.8) is 0 Å². The van der Waals surface area contributed by atoms with Crippen molar-refractivity contribution in [3.8, 4) is 0 Å². The van der Waals surface area contributed by atoms with Crippen molar-refractivity contribution in [3.05, 3.63) is 58.9 Å². The van der Waals surface area contributed by atoms with E-state index in [4.69, 9.17) is 11.6 Å². The number of aromatic carboxylic acids is 1.